The molecule has 0 saturated carbocycles. The van der Waals surface area contributed by atoms with Crippen molar-refractivity contribution in [3.63, 3.8) is 0 Å². The molecule has 7 heteroatoms. The summed E-state index contributed by atoms with van der Waals surface area (Å²) in [5.41, 5.74) is 0.251. The molecule has 0 spiro atoms. The van der Waals surface area contributed by atoms with Gasteiger partial charge >= 0.3 is 12.0 Å². The number of benzene rings is 1. The van der Waals surface area contributed by atoms with Crippen LogP contribution < -0.4 is 5.32 Å². The van der Waals surface area contributed by atoms with Gasteiger partial charge in [-0.1, -0.05) is 0 Å². The number of anilines is 1. The second-order valence-corrected chi connectivity index (χ2v) is 5.02. The Morgan fingerprint density at radius 3 is 2.63 bits per heavy atom. The molecule has 0 heterocycles. The van der Waals surface area contributed by atoms with E-state index >= 15 is 0 Å². The summed E-state index contributed by atoms with van der Waals surface area (Å²) in [7, 11) is 0. The molecule has 0 radical (unpaired) electrons. The highest BCUT2D eigenvalue weighted by Gasteiger charge is 2.20. The number of carbonyl (C=O) groups is 2. The van der Waals surface area contributed by atoms with Crippen molar-refractivity contribution in [3.8, 4) is 0 Å². The van der Waals surface area contributed by atoms with Crippen LogP contribution >= 0.6 is 15.9 Å². The lowest BCUT2D eigenvalue weighted by Gasteiger charge is -2.25. The van der Waals surface area contributed by atoms with Crippen LogP contribution in [0.3, 0.4) is 0 Å². The SMILES string of the molecule is CC(C)N(CC(=O)O)C(=O)Nc1cc(F)ccc1Br. The van der Waals surface area contributed by atoms with E-state index in [9.17, 15) is 14.0 Å². The second kappa shape index (κ2) is 6.51. The van der Waals surface area contributed by atoms with Gasteiger partial charge in [0.05, 0.1) is 5.69 Å². The van der Waals surface area contributed by atoms with Crippen molar-refractivity contribution in [3.05, 3.63) is 28.5 Å². The Balaban J connectivity index is 2.87. The Labute approximate surface area is 118 Å². The number of aliphatic carboxylic acids is 1. The van der Waals surface area contributed by atoms with E-state index in [2.05, 4.69) is 21.2 Å². The maximum Gasteiger partial charge on any atom is 0.323 e. The fraction of sp³-hybridized carbons (Fsp3) is 0.333. The molecule has 0 aliphatic heterocycles. The smallest absolute Gasteiger partial charge is 0.323 e. The monoisotopic (exact) mass is 332 g/mol. The van der Waals surface area contributed by atoms with Crippen LogP contribution in [-0.2, 0) is 4.79 Å². The Bertz CT molecular complexity index is 494. The zero-order valence-electron chi connectivity index (χ0n) is 10.5. The summed E-state index contributed by atoms with van der Waals surface area (Å²) >= 11 is 3.18. The predicted molar refractivity (Wildman–Crippen MR) is 72.6 cm³/mol. The van der Waals surface area contributed by atoms with Gasteiger partial charge in [0, 0.05) is 10.5 Å². The Kier molecular flexibility index (Phi) is 5.29. The number of urea groups is 1. The minimum atomic E-state index is -1.11. The maximum absolute atomic E-state index is 13.1. The first kappa shape index (κ1) is 15.4. The zero-order chi connectivity index (χ0) is 14.6. The number of halogens is 2. The van der Waals surface area contributed by atoms with E-state index in [1.165, 1.54) is 12.1 Å². The van der Waals surface area contributed by atoms with Gasteiger partial charge in [-0.15, -0.1) is 0 Å². The highest BCUT2D eigenvalue weighted by Crippen LogP contribution is 2.23. The van der Waals surface area contributed by atoms with Crippen LogP contribution in [0.15, 0.2) is 22.7 Å². The third-order valence-corrected chi connectivity index (χ3v) is 3.05. The molecule has 0 aliphatic carbocycles. The lowest BCUT2D eigenvalue weighted by atomic mass is 10.3. The summed E-state index contributed by atoms with van der Waals surface area (Å²) < 4.78 is 13.6. The average Bonchev–Trinajstić information content (AvgIpc) is 2.30. The first-order chi connectivity index (χ1) is 8.81. The van der Waals surface area contributed by atoms with E-state index in [1.807, 2.05) is 0 Å². The minimum absolute atomic E-state index is 0.251. The number of carbonyl (C=O) groups excluding carboxylic acids is 1. The van der Waals surface area contributed by atoms with Gasteiger partial charge in [-0.05, 0) is 48.0 Å². The first-order valence-electron chi connectivity index (χ1n) is 5.55. The highest BCUT2D eigenvalue weighted by molar-refractivity contribution is 9.10. The zero-order valence-corrected chi connectivity index (χ0v) is 12.1. The minimum Gasteiger partial charge on any atom is -0.480 e. The number of amides is 2. The van der Waals surface area contributed by atoms with Crippen molar-refractivity contribution in [2.24, 2.45) is 0 Å². The Hall–Kier alpha value is -1.63. The van der Waals surface area contributed by atoms with Gasteiger partial charge in [-0.25, -0.2) is 9.18 Å². The van der Waals surface area contributed by atoms with Gasteiger partial charge in [0.25, 0.3) is 0 Å². The van der Waals surface area contributed by atoms with Crippen molar-refractivity contribution in [1.29, 1.82) is 0 Å². The number of hydrogen-bond acceptors (Lipinski definition) is 2. The molecule has 104 valence electrons. The van der Waals surface area contributed by atoms with Crippen LogP contribution in [0.1, 0.15) is 13.8 Å². The molecule has 2 amide bonds. The summed E-state index contributed by atoms with van der Waals surface area (Å²) in [6.45, 7) is 2.97. The van der Waals surface area contributed by atoms with Crippen molar-refractivity contribution >= 4 is 33.6 Å². The molecule has 19 heavy (non-hydrogen) atoms. The van der Waals surface area contributed by atoms with E-state index in [0.717, 1.165) is 11.0 Å². The molecular formula is C12H14BrFN2O3. The molecule has 5 nitrogen and oxygen atoms in total. The Morgan fingerprint density at radius 2 is 2.11 bits per heavy atom. The lowest BCUT2D eigenvalue weighted by Crippen LogP contribution is -2.43. The highest BCUT2D eigenvalue weighted by atomic mass is 79.9. The number of carboxylic acid groups (broad SMARTS) is 1. The quantitative estimate of drug-likeness (QED) is 0.890. The molecule has 0 unspecified atom stereocenters. The fourth-order valence-corrected chi connectivity index (χ4v) is 1.76. The van der Waals surface area contributed by atoms with E-state index in [0.29, 0.717) is 4.47 Å². The number of nitrogens with zero attached hydrogens (tertiary/aromatic N) is 1. The molecule has 0 saturated heterocycles. The number of hydrogen-bond donors (Lipinski definition) is 2. The van der Waals surface area contributed by atoms with Crippen LogP contribution in [0.4, 0.5) is 14.9 Å². The molecular weight excluding hydrogens is 319 g/mol. The molecule has 0 aromatic heterocycles. The van der Waals surface area contributed by atoms with E-state index in [1.54, 1.807) is 13.8 Å². The predicted octanol–water partition coefficient (Wildman–Crippen LogP) is 2.92. The standard InChI is InChI=1S/C12H14BrFN2O3/c1-7(2)16(6-11(17)18)12(19)15-10-5-8(14)3-4-9(10)13/h3-5,7H,6H2,1-2H3,(H,15,19)(H,17,18). The first-order valence-corrected chi connectivity index (χ1v) is 6.35. The maximum atomic E-state index is 13.1. The third kappa shape index (κ3) is 4.51. The molecule has 0 aliphatic rings. The molecule has 1 aromatic rings. The number of nitrogens with one attached hydrogen (secondary N) is 1. The molecule has 1 aromatic carbocycles. The summed E-state index contributed by atoms with van der Waals surface area (Å²) in [5, 5.41) is 11.2. The second-order valence-electron chi connectivity index (χ2n) is 4.17. The molecule has 2 N–H and O–H groups in total. The van der Waals surface area contributed by atoms with Gasteiger partial charge in [0.15, 0.2) is 0 Å². The van der Waals surface area contributed by atoms with E-state index in [4.69, 9.17) is 5.11 Å². The molecule has 0 bridgehead atoms. The van der Waals surface area contributed by atoms with Gasteiger partial charge in [-0.3, -0.25) is 4.79 Å². The van der Waals surface area contributed by atoms with Crippen LogP contribution in [0.5, 0.6) is 0 Å². The van der Waals surface area contributed by atoms with Crippen molar-refractivity contribution in [2.45, 2.75) is 19.9 Å². The third-order valence-electron chi connectivity index (χ3n) is 2.36. The van der Waals surface area contributed by atoms with Crippen LogP contribution in [0.2, 0.25) is 0 Å². The topological polar surface area (TPSA) is 69.6 Å². The van der Waals surface area contributed by atoms with E-state index in [-0.39, 0.29) is 11.7 Å². The van der Waals surface area contributed by atoms with Gasteiger partial charge in [0.2, 0.25) is 0 Å². The van der Waals surface area contributed by atoms with Crippen LogP contribution in [0.25, 0.3) is 0 Å². The largest absolute Gasteiger partial charge is 0.480 e. The summed E-state index contributed by atoms with van der Waals surface area (Å²) in [6.07, 6.45) is 0. The average molecular weight is 333 g/mol. The normalized spacial score (nSPS) is 10.4. The van der Waals surface area contributed by atoms with Gasteiger partial charge in [0.1, 0.15) is 12.4 Å². The molecule has 1 rings (SSSR count). The summed E-state index contributed by atoms with van der Waals surface area (Å²) in [6, 6.07) is 2.98. The number of carboxylic acids is 1. The Morgan fingerprint density at radius 1 is 1.47 bits per heavy atom. The van der Waals surface area contributed by atoms with Crippen LogP contribution in [0, 0.1) is 5.82 Å². The fourth-order valence-electron chi connectivity index (χ4n) is 1.41. The van der Waals surface area contributed by atoms with Gasteiger partial charge < -0.3 is 15.3 Å². The van der Waals surface area contributed by atoms with E-state index < -0.39 is 24.4 Å². The van der Waals surface area contributed by atoms with Crippen molar-refractivity contribution < 1.29 is 19.1 Å². The summed E-state index contributed by atoms with van der Waals surface area (Å²) in [5.74, 6) is -1.60. The molecule has 0 atom stereocenters. The van der Waals surface area contributed by atoms with Gasteiger partial charge in [-0.2, -0.15) is 0 Å². The van der Waals surface area contributed by atoms with Crippen molar-refractivity contribution in [2.75, 3.05) is 11.9 Å². The van der Waals surface area contributed by atoms with Crippen LogP contribution in [-0.4, -0.2) is 34.6 Å². The lowest BCUT2D eigenvalue weighted by molar-refractivity contribution is -0.137. The van der Waals surface area contributed by atoms with Crippen molar-refractivity contribution in [1.82, 2.24) is 4.90 Å². The molecule has 0 fully saturated rings. The summed E-state index contributed by atoms with van der Waals surface area (Å²) in [4.78, 5) is 23.8. The number of rotatable bonds is 4.